The van der Waals surface area contributed by atoms with Gasteiger partial charge in [-0.3, -0.25) is 9.78 Å². The summed E-state index contributed by atoms with van der Waals surface area (Å²) in [4.78, 5) is 30.6. The van der Waals surface area contributed by atoms with Crippen LogP contribution in [-0.4, -0.2) is 36.7 Å². The van der Waals surface area contributed by atoms with Gasteiger partial charge in [-0.2, -0.15) is 27.1 Å². The van der Waals surface area contributed by atoms with Crippen molar-refractivity contribution in [3.8, 4) is 11.3 Å². The van der Waals surface area contributed by atoms with E-state index in [9.17, 15) is 31.5 Å². The summed E-state index contributed by atoms with van der Waals surface area (Å²) < 4.78 is 65.3. The van der Waals surface area contributed by atoms with Crippen molar-refractivity contribution in [2.45, 2.75) is 18.5 Å². The van der Waals surface area contributed by atoms with Crippen molar-refractivity contribution in [2.24, 2.45) is 0 Å². The molecule has 132 valence electrons. The zero-order chi connectivity index (χ0) is 18.4. The summed E-state index contributed by atoms with van der Waals surface area (Å²) >= 11 is 0. The maximum absolute atomic E-state index is 13.4. The zero-order valence-electron chi connectivity index (χ0n) is 12.1. The van der Waals surface area contributed by atoms with Crippen LogP contribution < -0.4 is 11.2 Å². The minimum Gasteiger partial charge on any atom is -0.313 e. The molecule has 2 N–H and O–H groups in total. The Balaban J connectivity index is 2.18. The summed E-state index contributed by atoms with van der Waals surface area (Å²) in [5, 5.41) is 3.93. The molecule has 0 radical (unpaired) electrons. The first-order valence-electron chi connectivity index (χ1n) is 6.69. The van der Waals surface area contributed by atoms with Crippen molar-refractivity contribution in [1.29, 1.82) is 0 Å². The number of aromatic amines is 2. The first-order chi connectivity index (χ1) is 11.6. The molecule has 0 aliphatic heterocycles. The molecule has 0 atom stereocenters. The molecule has 25 heavy (non-hydrogen) atoms. The third-order valence-corrected chi connectivity index (χ3v) is 3.36. The van der Waals surface area contributed by atoms with Crippen molar-refractivity contribution >= 4 is 5.65 Å². The van der Waals surface area contributed by atoms with E-state index in [1.165, 1.54) is 12.4 Å². The molecule has 0 spiro atoms. The molecule has 0 aliphatic carbocycles. The Hall–Kier alpha value is -3.05. The van der Waals surface area contributed by atoms with Gasteiger partial charge < -0.3 is 4.98 Å². The van der Waals surface area contributed by atoms with Gasteiger partial charge in [0.15, 0.2) is 5.65 Å². The molecular weight excluding hydrogens is 353 g/mol. The summed E-state index contributed by atoms with van der Waals surface area (Å²) in [6.07, 6.45) is -4.03. The van der Waals surface area contributed by atoms with Crippen molar-refractivity contribution in [2.75, 3.05) is 0 Å². The molecule has 0 unspecified atom stereocenters. The number of hydrogen-bond acceptors (Lipinski definition) is 4. The summed E-state index contributed by atoms with van der Waals surface area (Å²) in [7, 11) is 0. The molecule has 12 heteroatoms. The van der Waals surface area contributed by atoms with Crippen LogP contribution in [0.3, 0.4) is 0 Å². The van der Waals surface area contributed by atoms with E-state index >= 15 is 0 Å². The zero-order valence-corrected chi connectivity index (χ0v) is 12.1. The highest BCUT2D eigenvalue weighted by Gasteiger charge is 2.57. The minimum absolute atomic E-state index is 0.198. The normalized spacial score (nSPS) is 12.7. The Kier molecular flexibility index (Phi) is 3.69. The van der Waals surface area contributed by atoms with Crippen LogP contribution in [0.2, 0.25) is 0 Å². The van der Waals surface area contributed by atoms with E-state index in [1.54, 1.807) is 0 Å². The van der Waals surface area contributed by atoms with E-state index in [1.807, 2.05) is 4.98 Å². The maximum atomic E-state index is 13.4. The lowest BCUT2D eigenvalue weighted by Crippen LogP contribution is -2.38. The lowest BCUT2D eigenvalue weighted by Gasteiger charge is -2.19. The molecule has 3 heterocycles. The van der Waals surface area contributed by atoms with E-state index < -0.39 is 35.3 Å². The Bertz CT molecular complexity index is 1050. The number of halogens is 5. The lowest BCUT2D eigenvalue weighted by molar-refractivity contribution is -0.281. The molecule has 0 amide bonds. The van der Waals surface area contributed by atoms with Gasteiger partial charge >= 0.3 is 17.8 Å². The number of rotatable bonds is 3. The Morgan fingerprint density at radius 2 is 1.88 bits per heavy atom. The van der Waals surface area contributed by atoms with Crippen LogP contribution >= 0.6 is 0 Å². The predicted octanol–water partition coefficient (Wildman–Crippen LogP) is 1.51. The third kappa shape index (κ3) is 3.02. The maximum Gasteiger partial charge on any atom is 0.453 e. The number of hydrogen-bond donors (Lipinski definition) is 2. The highest BCUT2D eigenvalue weighted by atomic mass is 19.4. The summed E-state index contributed by atoms with van der Waals surface area (Å²) in [5.74, 6) is -4.99. The fourth-order valence-electron chi connectivity index (χ4n) is 2.18. The van der Waals surface area contributed by atoms with Crippen molar-refractivity contribution in [1.82, 2.24) is 24.6 Å². The van der Waals surface area contributed by atoms with Crippen molar-refractivity contribution in [3.05, 3.63) is 51.1 Å². The van der Waals surface area contributed by atoms with Crippen LogP contribution in [0.25, 0.3) is 16.9 Å². The average Bonchev–Trinajstić information content (AvgIpc) is 2.94. The summed E-state index contributed by atoms with van der Waals surface area (Å²) in [6, 6.07) is 0.908. The third-order valence-electron chi connectivity index (χ3n) is 3.36. The van der Waals surface area contributed by atoms with E-state index in [0.717, 1.165) is 16.8 Å². The molecule has 0 saturated heterocycles. The van der Waals surface area contributed by atoms with E-state index in [-0.39, 0.29) is 16.9 Å². The van der Waals surface area contributed by atoms with Crippen LogP contribution in [0, 0.1) is 0 Å². The van der Waals surface area contributed by atoms with Gasteiger partial charge in [0.05, 0.1) is 11.3 Å². The second-order valence-corrected chi connectivity index (χ2v) is 5.11. The molecule has 0 aromatic carbocycles. The Morgan fingerprint density at radius 3 is 2.52 bits per heavy atom. The smallest absolute Gasteiger partial charge is 0.313 e. The minimum atomic E-state index is -5.74. The lowest BCUT2D eigenvalue weighted by atomic mass is 10.1. The number of nitrogens with one attached hydrogen (secondary N) is 2. The number of alkyl halides is 5. The van der Waals surface area contributed by atoms with Gasteiger partial charge in [-0.05, 0) is 6.07 Å². The fraction of sp³-hybridized carbons (Fsp3) is 0.231. The molecule has 3 rings (SSSR count). The Morgan fingerprint density at radius 1 is 1.16 bits per heavy atom. The number of imidazole rings is 1. The highest BCUT2D eigenvalue weighted by Crippen LogP contribution is 2.38. The molecule has 0 saturated carbocycles. The van der Waals surface area contributed by atoms with E-state index in [2.05, 4.69) is 15.1 Å². The summed E-state index contributed by atoms with van der Waals surface area (Å²) in [5.41, 5.74) is -2.73. The van der Waals surface area contributed by atoms with Gasteiger partial charge in [0, 0.05) is 30.6 Å². The quantitative estimate of drug-likeness (QED) is 0.692. The number of aromatic nitrogens is 5. The van der Waals surface area contributed by atoms with Gasteiger partial charge in [-0.15, -0.1) is 0 Å². The van der Waals surface area contributed by atoms with Gasteiger partial charge in [-0.1, -0.05) is 0 Å². The standard InChI is InChI=1S/C13H8F5N5O2/c14-12(15,13(16,17)18)4-6-3-8(22-23-2-1-19-9(6)23)7-5-20-11(25)21-10(7)24/h1-3,5H,4H2,(H2,20,21,24,25). The van der Waals surface area contributed by atoms with Crippen LogP contribution in [0.5, 0.6) is 0 Å². The van der Waals surface area contributed by atoms with Crippen LogP contribution in [0.15, 0.2) is 34.2 Å². The van der Waals surface area contributed by atoms with E-state index in [0.29, 0.717) is 0 Å². The Labute approximate surface area is 134 Å². The number of nitrogens with zero attached hydrogens (tertiary/aromatic N) is 3. The number of fused-ring (bicyclic) bond motifs is 1. The highest BCUT2D eigenvalue weighted by molar-refractivity contribution is 5.61. The molecule has 7 nitrogen and oxygen atoms in total. The fourth-order valence-corrected chi connectivity index (χ4v) is 2.18. The first-order valence-corrected chi connectivity index (χ1v) is 6.69. The number of H-pyrrole nitrogens is 2. The molecule has 0 aliphatic rings. The SMILES string of the molecule is O=c1[nH]cc(-c2cc(CC(F)(F)C(F)(F)F)c3nccn3n2)c(=O)[nH]1. The van der Waals surface area contributed by atoms with Gasteiger partial charge in [0.25, 0.3) is 5.56 Å². The summed E-state index contributed by atoms with van der Waals surface area (Å²) in [6.45, 7) is 0. The first kappa shape index (κ1) is 16.8. The monoisotopic (exact) mass is 361 g/mol. The van der Waals surface area contributed by atoms with Gasteiger partial charge in [0.2, 0.25) is 0 Å². The molecule has 0 bridgehead atoms. The second kappa shape index (κ2) is 5.50. The molecule has 0 fully saturated rings. The topological polar surface area (TPSA) is 95.9 Å². The predicted molar refractivity (Wildman–Crippen MR) is 74.4 cm³/mol. The van der Waals surface area contributed by atoms with Gasteiger partial charge in [0.1, 0.15) is 0 Å². The van der Waals surface area contributed by atoms with Crippen LogP contribution in [0.1, 0.15) is 5.56 Å². The van der Waals surface area contributed by atoms with Gasteiger partial charge in [-0.25, -0.2) is 14.3 Å². The molecule has 3 aromatic rings. The largest absolute Gasteiger partial charge is 0.453 e. The molecule has 3 aromatic heterocycles. The average molecular weight is 361 g/mol. The second-order valence-electron chi connectivity index (χ2n) is 5.11. The van der Waals surface area contributed by atoms with E-state index in [4.69, 9.17) is 0 Å². The van der Waals surface area contributed by atoms with Crippen LogP contribution in [-0.2, 0) is 6.42 Å². The van der Waals surface area contributed by atoms with Crippen molar-refractivity contribution in [3.63, 3.8) is 0 Å². The van der Waals surface area contributed by atoms with Crippen molar-refractivity contribution < 1.29 is 22.0 Å². The van der Waals surface area contributed by atoms with Crippen LogP contribution in [0.4, 0.5) is 22.0 Å². The molecular formula is C13H8F5N5O2.